The first kappa shape index (κ1) is 16.2. The highest BCUT2D eigenvalue weighted by Crippen LogP contribution is 2.30. The fourth-order valence-corrected chi connectivity index (χ4v) is 3.58. The highest BCUT2D eigenvalue weighted by atomic mass is 79.9. The molecule has 1 aromatic heterocycles. The van der Waals surface area contributed by atoms with Gasteiger partial charge in [0.1, 0.15) is 0 Å². The number of anilines is 1. The van der Waals surface area contributed by atoms with Gasteiger partial charge < -0.3 is 0 Å². The molecule has 0 spiro atoms. The van der Waals surface area contributed by atoms with Crippen molar-refractivity contribution in [2.24, 2.45) is 0 Å². The standard InChI is InChI=1S/C17H12BrClN2OS/c1-10-8-11(18)6-7-12(10)16(22)21-17-20-15(9-23-17)13-4-2-3-5-14(13)19/h2-9H,1H3,(H,20,21,22). The van der Waals surface area contributed by atoms with Gasteiger partial charge in [0, 0.05) is 26.0 Å². The van der Waals surface area contributed by atoms with Crippen LogP contribution in [0.2, 0.25) is 5.02 Å². The van der Waals surface area contributed by atoms with E-state index in [-0.39, 0.29) is 5.91 Å². The minimum atomic E-state index is -0.171. The first-order valence-corrected chi connectivity index (χ1v) is 8.87. The van der Waals surface area contributed by atoms with Crippen molar-refractivity contribution in [2.45, 2.75) is 6.92 Å². The molecule has 0 aliphatic rings. The Morgan fingerprint density at radius 1 is 1.26 bits per heavy atom. The number of nitrogens with zero attached hydrogens (tertiary/aromatic N) is 1. The lowest BCUT2D eigenvalue weighted by Gasteiger charge is -2.05. The van der Waals surface area contributed by atoms with Crippen LogP contribution < -0.4 is 5.32 Å². The van der Waals surface area contributed by atoms with Crippen molar-refractivity contribution in [1.82, 2.24) is 4.98 Å². The van der Waals surface area contributed by atoms with Crippen LogP contribution >= 0.6 is 38.9 Å². The summed E-state index contributed by atoms with van der Waals surface area (Å²) in [5, 5.41) is 5.91. The van der Waals surface area contributed by atoms with Gasteiger partial charge in [-0.2, -0.15) is 0 Å². The molecular formula is C17H12BrClN2OS. The van der Waals surface area contributed by atoms with E-state index in [9.17, 15) is 4.79 Å². The van der Waals surface area contributed by atoms with Gasteiger partial charge in [-0.1, -0.05) is 45.7 Å². The number of amides is 1. The average molecular weight is 408 g/mol. The number of hydrogen-bond acceptors (Lipinski definition) is 3. The molecule has 0 unspecified atom stereocenters. The number of hydrogen-bond donors (Lipinski definition) is 1. The van der Waals surface area contributed by atoms with Gasteiger partial charge in [-0.25, -0.2) is 4.98 Å². The zero-order valence-corrected chi connectivity index (χ0v) is 15.3. The second-order valence-electron chi connectivity index (χ2n) is 4.93. The molecule has 0 fully saturated rings. The van der Waals surface area contributed by atoms with E-state index in [1.54, 1.807) is 6.07 Å². The quantitative estimate of drug-likeness (QED) is 0.597. The molecule has 0 bridgehead atoms. The lowest BCUT2D eigenvalue weighted by molar-refractivity contribution is 0.102. The Bertz CT molecular complexity index is 879. The van der Waals surface area contributed by atoms with E-state index >= 15 is 0 Å². The largest absolute Gasteiger partial charge is 0.298 e. The van der Waals surface area contributed by atoms with Gasteiger partial charge in [0.25, 0.3) is 5.91 Å². The summed E-state index contributed by atoms with van der Waals surface area (Å²) >= 11 is 10.9. The molecule has 0 saturated carbocycles. The Balaban J connectivity index is 1.82. The fourth-order valence-electron chi connectivity index (χ4n) is 2.17. The molecule has 116 valence electrons. The molecule has 0 saturated heterocycles. The zero-order valence-electron chi connectivity index (χ0n) is 12.1. The molecule has 23 heavy (non-hydrogen) atoms. The number of rotatable bonds is 3. The molecule has 1 N–H and O–H groups in total. The van der Waals surface area contributed by atoms with Gasteiger partial charge in [-0.15, -0.1) is 11.3 Å². The molecule has 1 heterocycles. The van der Waals surface area contributed by atoms with E-state index < -0.39 is 0 Å². The number of aromatic nitrogens is 1. The van der Waals surface area contributed by atoms with Crippen molar-refractivity contribution in [3.05, 3.63) is 68.5 Å². The number of carbonyl (C=O) groups excluding carboxylic acids is 1. The molecule has 0 radical (unpaired) electrons. The van der Waals surface area contributed by atoms with Crippen molar-refractivity contribution in [2.75, 3.05) is 5.32 Å². The van der Waals surface area contributed by atoms with E-state index in [2.05, 4.69) is 26.2 Å². The molecule has 1 amide bonds. The molecule has 0 aliphatic carbocycles. The topological polar surface area (TPSA) is 42.0 Å². The van der Waals surface area contributed by atoms with Crippen molar-refractivity contribution < 1.29 is 4.79 Å². The SMILES string of the molecule is Cc1cc(Br)ccc1C(=O)Nc1nc(-c2ccccc2Cl)cs1. The van der Waals surface area contributed by atoms with Crippen molar-refractivity contribution in [1.29, 1.82) is 0 Å². The minimum absolute atomic E-state index is 0.171. The minimum Gasteiger partial charge on any atom is -0.298 e. The zero-order chi connectivity index (χ0) is 16.4. The maximum atomic E-state index is 12.4. The van der Waals surface area contributed by atoms with Crippen LogP contribution in [0.25, 0.3) is 11.3 Å². The van der Waals surface area contributed by atoms with E-state index in [1.807, 2.05) is 48.7 Å². The Morgan fingerprint density at radius 3 is 2.78 bits per heavy atom. The van der Waals surface area contributed by atoms with Crippen molar-refractivity contribution >= 4 is 49.9 Å². The Kier molecular flexibility index (Phi) is 4.80. The first-order chi connectivity index (χ1) is 11.0. The lowest BCUT2D eigenvalue weighted by atomic mass is 10.1. The van der Waals surface area contributed by atoms with E-state index in [4.69, 9.17) is 11.6 Å². The fraction of sp³-hybridized carbons (Fsp3) is 0.0588. The molecule has 0 aliphatic heterocycles. The lowest BCUT2D eigenvalue weighted by Crippen LogP contribution is -2.13. The summed E-state index contributed by atoms with van der Waals surface area (Å²) in [6.07, 6.45) is 0. The van der Waals surface area contributed by atoms with E-state index in [0.29, 0.717) is 15.7 Å². The predicted octanol–water partition coefficient (Wildman–Crippen LogP) is 5.79. The summed E-state index contributed by atoms with van der Waals surface area (Å²) in [4.78, 5) is 16.8. The van der Waals surface area contributed by atoms with Crippen LogP contribution in [-0.2, 0) is 0 Å². The van der Waals surface area contributed by atoms with Crippen molar-refractivity contribution in [3.8, 4) is 11.3 Å². The summed E-state index contributed by atoms with van der Waals surface area (Å²) in [7, 11) is 0. The van der Waals surface area contributed by atoms with Gasteiger partial charge in [0.05, 0.1) is 5.69 Å². The van der Waals surface area contributed by atoms with Crippen LogP contribution in [0.1, 0.15) is 15.9 Å². The molecule has 6 heteroatoms. The third kappa shape index (κ3) is 3.63. The van der Waals surface area contributed by atoms with Crippen LogP contribution in [0, 0.1) is 6.92 Å². The smallest absolute Gasteiger partial charge is 0.257 e. The number of carbonyl (C=O) groups is 1. The van der Waals surface area contributed by atoms with Gasteiger partial charge >= 0.3 is 0 Å². The number of nitrogens with one attached hydrogen (secondary N) is 1. The average Bonchev–Trinajstić information content (AvgIpc) is 2.95. The second kappa shape index (κ2) is 6.83. The Labute approximate surface area is 151 Å². The molecule has 0 atom stereocenters. The summed E-state index contributed by atoms with van der Waals surface area (Å²) < 4.78 is 0.946. The summed E-state index contributed by atoms with van der Waals surface area (Å²) in [5.74, 6) is -0.171. The molecule has 3 aromatic rings. The molecule has 2 aromatic carbocycles. The van der Waals surface area contributed by atoms with Crippen molar-refractivity contribution in [3.63, 3.8) is 0 Å². The molecule has 3 nitrogen and oxygen atoms in total. The predicted molar refractivity (Wildman–Crippen MR) is 99.4 cm³/mol. The normalized spacial score (nSPS) is 10.6. The number of halogens is 2. The van der Waals surface area contributed by atoms with E-state index in [0.717, 1.165) is 21.3 Å². The van der Waals surface area contributed by atoms with Gasteiger partial charge in [-0.05, 0) is 36.8 Å². The third-order valence-electron chi connectivity index (χ3n) is 3.31. The van der Waals surface area contributed by atoms with Gasteiger partial charge in [0.2, 0.25) is 0 Å². The maximum Gasteiger partial charge on any atom is 0.257 e. The summed E-state index contributed by atoms with van der Waals surface area (Å²) in [6.45, 7) is 1.90. The molecule has 3 rings (SSSR count). The summed E-state index contributed by atoms with van der Waals surface area (Å²) in [5.41, 5.74) is 3.14. The highest BCUT2D eigenvalue weighted by Gasteiger charge is 2.13. The van der Waals surface area contributed by atoms with Crippen LogP contribution in [-0.4, -0.2) is 10.9 Å². The number of thiazole rings is 1. The Morgan fingerprint density at radius 2 is 2.04 bits per heavy atom. The number of aryl methyl sites for hydroxylation is 1. The second-order valence-corrected chi connectivity index (χ2v) is 7.11. The van der Waals surface area contributed by atoms with Crippen LogP contribution in [0.15, 0.2) is 52.3 Å². The number of benzene rings is 2. The van der Waals surface area contributed by atoms with Crippen LogP contribution in [0.4, 0.5) is 5.13 Å². The summed E-state index contributed by atoms with van der Waals surface area (Å²) in [6, 6.07) is 13.0. The van der Waals surface area contributed by atoms with Crippen LogP contribution in [0.3, 0.4) is 0 Å². The first-order valence-electron chi connectivity index (χ1n) is 6.82. The highest BCUT2D eigenvalue weighted by molar-refractivity contribution is 9.10. The molecular weight excluding hydrogens is 396 g/mol. The van der Waals surface area contributed by atoms with Gasteiger partial charge in [0.15, 0.2) is 5.13 Å². The Hall–Kier alpha value is -1.69. The maximum absolute atomic E-state index is 12.4. The monoisotopic (exact) mass is 406 g/mol. The van der Waals surface area contributed by atoms with Gasteiger partial charge in [-0.3, -0.25) is 10.1 Å². The van der Waals surface area contributed by atoms with Crippen LogP contribution in [0.5, 0.6) is 0 Å². The third-order valence-corrected chi connectivity index (χ3v) is 4.89. The van der Waals surface area contributed by atoms with E-state index in [1.165, 1.54) is 11.3 Å².